The summed E-state index contributed by atoms with van der Waals surface area (Å²) >= 11 is 0. The van der Waals surface area contributed by atoms with Crippen LogP contribution < -0.4 is 34.7 Å². The van der Waals surface area contributed by atoms with Crippen LogP contribution in [-0.4, -0.2) is 486 Å². The Balaban J connectivity index is -0.0000000239. The molecular formula is C30H59NaO90. The van der Waals surface area contributed by atoms with E-state index < -0.39 is 185 Å². The molecular weight excluding hydrogens is 1820 g/mol. The fraction of sp³-hybridized carbons (Fsp3) is 0. The van der Waals surface area contributed by atoms with Crippen LogP contribution in [0.2, 0.25) is 0 Å². The maximum Gasteiger partial charge on any atom is 1.00 e. The van der Waals surface area contributed by atoms with Crippen LogP contribution in [0.5, 0.6) is 0 Å². The maximum absolute atomic E-state index is 8.56. The maximum atomic E-state index is 8.56. The van der Waals surface area contributed by atoms with E-state index in [-0.39, 0.29) is 29.6 Å². The van der Waals surface area contributed by atoms with Gasteiger partial charge in [-0.05, 0) is 0 Å². The first-order valence-corrected chi connectivity index (χ1v) is 19.5. The molecule has 0 rings (SSSR count). The van der Waals surface area contributed by atoms with Gasteiger partial charge in [0, 0.05) is 0 Å². The fourth-order valence-electron chi connectivity index (χ4n) is 0. The summed E-state index contributed by atoms with van der Waals surface area (Å²) in [7, 11) is 0. The van der Waals surface area contributed by atoms with Gasteiger partial charge in [0.2, 0.25) is 6.16 Å². The zero-order valence-electron chi connectivity index (χ0n) is 55.0. The van der Waals surface area contributed by atoms with Crippen molar-refractivity contribution in [2.75, 3.05) is 0 Å². The topological polar surface area (TPSA) is 1730 Å². The van der Waals surface area contributed by atoms with E-state index in [1.54, 1.807) is 0 Å². The van der Waals surface area contributed by atoms with Crippen LogP contribution in [0.15, 0.2) is 0 Å². The Morgan fingerprint density at radius 3 is 0.0826 bits per heavy atom. The van der Waals surface area contributed by atoms with Crippen molar-refractivity contribution < 1.29 is 480 Å². The van der Waals surface area contributed by atoms with Gasteiger partial charge in [-0.1, -0.05) is 0 Å². The van der Waals surface area contributed by atoms with Crippen molar-refractivity contribution >= 4 is 185 Å². The van der Waals surface area contributed by atoms with Crippen molar-refractivity contribution in [3.05, 3.63) is 0 Å². The Bertz CT molecular complexity index is 1680. The standard InChI is InChI=1S/30CH2O3.Na/c30*2-1(3)4;/h30*(H2,2,3,4);/q;;;;;;;;;;;;;;;;;;;;;;;;;;;;;;+1/p-1. The van der Waals surface area contributed by atoms with Crippen molar-refractivity contribution in [2.45, 2.75) is 0 Å². The van der Waals surface area contributed by atoms with Crippen LogP contribution in [0.1, 0.15) is 0 Å². The molecule has 0 spiro atoms. The third kappa shape index (κ3) is 2140. The van der Waals surface area contributed by atoms with E-state index in [1.165, 1.54) is 0 Å². The van der Waals surface area contributed by atoms with Crippen molar-refractivity contribution in [1.82, 2.24) is 0 Å². The predicted molar refractivity (Wildman–Crippen MR) is 317 cm³/mol. The molecule has 91 heteroatoms. The molecule has 0 fully saturated rings. The molecule has 0 heterocycles. The molecule has 0 aromatic carbocycles. The molecule has 0 bridgehead atoms. The molecule has 0 saturated carbocycles. The smallest absolute Gasteiger partial charge is 0.565 e. The van der Waals surface area contributed by atoms with Crippen LogP contribution in [0, 0.1) is 0 Å². The molecule has 0 amide bonds. The summed E-state index contributed by atoms with van der Waals surface area (Å²) in [6, 6.07) is 0. The molecule has 0 aliphatic heterocycles. The van der Waals surface area contributed by atoms with Crippen molar-refractivity contribution in [1.29, 1.82) is 0 Å². The minimum Gasteiger partial charge on any atom is -0.565 e. The summed E-state index contributed by atoms with van der Waals surface area (Å²) in [6.45, 7) is 0. The zero-order valence-corrected chi connectivity index (χ0v) is 57.0. The van der Waals surface area contributed by atoms with Crippen LogP contribution in [-0.2, 0) is 0 Å². The normalized spacial score (nSPS) is 5.95. The monoisotopic (exact) mass is 1880 g/mol. The minimum atomic E-state index is -2.08. The second-order valence-corrected chi connectivity index (χ2v) is 8.46. The Labute approximate surface area is 663 Å². The molecule has 0 unspecified atom stereocenters. The van der Waals surface area contributed by atoms with E-state index in [0.29, 0.717) is 0 Å². The van der Waals surface area contributed by atoms with Gasteiger partial charge in [0.25, 0.3) is 0 Å². The van der Waals surface area contributed by atoms with Crippen LogP contribution in [0.3, 0.4) is 0 Å². The van der Waals surface area contributed by atoms with E-state index in [0.717, 1.165) is 0 Å². The van der Waals surface area contributed by atoms with Gasteiger partial charge in [0.1, 0.15) is 0 Å². The first-order chi connectivity index (χ1) is 52.0. The summed E-state index contributed by atoms with van der Waals surface area (Å²) in [5.41, 5.74) is 0. The molecule has 0 aliphatic carbocycles. The molecule has 720 valence electrons. The van der Waals surface area contributed by atoms with Gasteiger partial charge in [0.05, 0.1) is 0 Å². The summed E-state index contributed by atoms with van der Waals surface area (Å²) in [5.74, 6) is 0. The Morgan fingerprint density at radius 2 is 0.0826 bits per heavy atom. The fourth-order valence-corrected chi connectivity index (χ4v) is 0. The molecule has 0 aliphatic rings. The van der Waals surface area contributed by atoms with Gasteiger partial charge in [0.15, 0.2) is 0 Å². The van der Waals surface area contributed by atoms with Crippen LogP contribution in [0.4, 0.5) is 144 Å². The minimum absolute atomic E-state index is 0. The first-order valence-electron chi connectivity index (χ1n) is 19.5. The zero-order chi connectivity index (χ0) is 107. The molecule has 0 saturated heterocycles. The summed E-state index contributed by atoms with van der Waals surface area (Å²) in [4.78, 5) is 257. The number of hydrogen-bond acceptors (Lipinski definition) is 31. The van der Waals surface area contributed by atoms with Crippen molar-refractivity contribution in [3.63, 3.8) is 0 Å². The van der Waals surface area contributed by atoms with E-state index in [4.69, 9.17) is 450 Å². The predicted octanol–water partition coefficient (Wildman–Crippen LogP) is 2.34. The molecule has 0 radical (unpaired) electrons. The summed E-state index contributed by atoms with van der Waals surface area (Å²) in [5, 5.41) is 420. The first kappa shape index (κ1) is 206. The number of hydrogen-bond donors (Lipinski definition) is 59. The van der Waals surface area contributed by atoms with E-state index in [9.17, 15) is 0 Å². The van der Waals surface area contributed by atoms with E-state index in [2.05, 4.69) is 0 Å². The van der Waals surface area contributed by atoms with Gasteiger partial charge in [-0.15, -0.1) is 0 Å². The average molecular weight is 1880 g/mol. The Hall–Kier alpha value is -20.9. The SMILES string of the molecule is O=C(O)O.O=C(O)O.O=C(O)O.O=C(O)O.O=C(O)O.O=C(O)O.O=C(O)O.O=C(O)O.O=C(O)O.O=C(O)O.O=C(O)O.O=C(O)O.O=C(O)O.O=C(O)O.O=C(O)O.O=C(O)O.O=C(O)O.O=C(O)O.O=C(O)O.O=C(O)O.O=C(O)O.O=C(O)O.O=C(O)O.O=C(O)O.O=C(O)O.O=C(O)O.O=C(O)O.O=C(O)O.O=C(O)O.O=C([O-])O.[Na+]. The largest absolute Gasteiger partial charge is 1.00 e. The number of rotatable bonds is 0. The molecule has 0 aromatic heterocycles. The van der Waals surface area contributed by atoms with Gasteiger partial charge in [-0.3, -0.25) is 0 Å². The molecule has 0 aromatic rings. The third-order valence-electron chi connectivity index (χ3n) is 0. The number of carbonyl (C=O) groups is 30. The van der Waals surface area contributed by atoms with Gasteiger partial charge >= 0.3 is 208 Å². The number of carboxylic acid groups (broad SMARTS) is 60. The van der Waals surface area contributed by atoms with Crippen LogP contribution in [0.25, 0.3) is 0 Å². The molecule has 59 N–H and O–H groups in total. The molecule has 90 nitrogen and oxygen atoms in total. The molecule has 121 heavy (non-hydrogen) atoms. The summed E-state index contributed by atoms with van der Waals surface area (Å²) in [6.07, 6.45) is -55.3. The Kier molecular flexibility index (Phi) is 340. The second kappa shape index (κ2) is 200. The average Bonchev–Trinajstić information content (AvgIpc) is 3.29. The quantitative estimate of drug-likeness (QED) is 0.155. The van der Waals surface area contributed by atoms with E-state index >= 15 is 0 Å². The van der Waals surface area contributed by atoms with Crippen molar-refractivity contribution in [2.24, 2.45) is 0 Å². The van der Waals surface area contributed by atoms with Crippen molar-refractivity contribution in [3.8, 4) is 0 Å². The van der Waals surface area contributed by atoms with Gasteiger partial charge < -0.3 is 311 Å². The van der Waals surface area contributed by atoms with E-state index in [1.807, 2.05) is 0 Å². The summed E-state index contributed by atoms with van der Waals surface area (Å²) < 4.78 is 0. The second-order valence-electron chi connectivity index (χ2n) is 8.46. The van der Waals surface area contributed by atoms with Gasteiger partial charge in [-0.2, -0.15) is 0 Å². The third-order valence-corrected chi connectivity index (χ3v) is 0. The van der Waals surface area contributed by atoms with Crippen LogP contribution >= 0.6 is 0 Å². The molecule has 0 atom stereocenters. The van der Waals surface area contributed by atoms with Gasteiger partial charge in [-0.25, -0.2) is 139 Å². The Morgan fingerprint density at radius 1 is 0.0826 bits per heavy atom.